The highest BCUT2D eigenvalue weighted by molar-refractivity contribution is 5.92. The van der Waals surface area contributed by atoms with Crippen LogP contribution in [0.3, 0.4) is 0 Å². The van der Waals surface area contributed by atoms with Crippen LogP contribution >= 0.6 is 0 Å². The highest BCUT2D eigenvalue weighted by atomic mass is 16.2. The van der Waals surface area contributed by atoms with E-state index in [1.165, 1.54) is 0 Å². The number of carbonyl (C=O) groups excluding carboxylic acids is 2. The molecular weight excluding hydrogens is 276 g/mol. The molecule has 2 heterocycles. The van der Waals surface area contributed by atoms with Crippen LogP contribution in [-0.4, -0.2) is 47.8 Å². The first kappa shape index (κ1) is 14.8. The van der Waals surface area contributed by atoms with Crippen LogP contribution in [0.4, 0.5) is 0 Å². The molecule has 3 rings (SSSR count). The largest absolute Gasteiger partial charge is 0.342 e. The molecule has 1 aromatic rings. The lowest BCUT2D eigenvalue weighted by molar-refractivity contribution is -0.142. The first-order valence-corrected chi connectivity index (χ1v) is 8.05. The van der Waals surface area contributed by atoms with Crippen LogP contribution in [0.2, 0.25) is 0 Å². The number of rotatable bonds is 3. The quantitative estimate of drug-likeness (QED) is 0.803. The molecule has 2 aliphatic rings. The van der Waals surface area contributed by atoms with Gasteiger partial charge in [-0.1, -0.05) is 30.3 Å². The molecule has 0 atom stereocenters. The molecule has 0 N–H and O–H groups in total. The van der Waals surface area contributed by atoms with E-state index >= 15 is 0 Å². The predicted molar refractivity (Wildman–Crippen MR) is 86.0 cm³/mol. The third-order valence-corrected chi connectivity index (χ3v) is 4.54. The standard InChI is InChI=1S/C18H22N2O2/c21-17(8-7-15-5-2-1-3-6-15)19-13-9-16(10-14-19)18(22)20-11-4-12-20/h1-3,5-8,16H,4,9-14H2/b8-7+. The molecule has 0 aliphatic carbocycles. The van der Waals surface area contributed by atoms with E-state index in [-0.39, 0.29) is 17.7 Å². The summed E-state index contributed by atoms with van der Waals surface area (Å²) in [7, 11) is 0. The number of hydrogen-bond donors (Lipinski definition) is 0. The van der Waals surface area contributed by atoms with Crippen molar-refractivity contribution in [1.29, 1.82) is 0 Å². The molecule has 4 heteroatoms. The Bertz CT molecular complexity index is 556. The molecule has 0 aromatic heterocycles. The number of hydrogen-bond acceptors (Lipinski definition) is 2. The SMILES string of the molecule is O=C(/C=C/c1ccccc1)N1CCC(C(=O)N2CCC2)CC1. The number of piperidine rings is 1. The summed E-state index contributed by atoms with van der Waals surface area (Å²) >= 11 is 0. The summed E-state index contributed by atoms with van der Waals surface area (Å²) in [4.78, 5) is 28.2. The lowest BCUT2D eigenvalue weighted by Crippen LogP contribution is -2.48. The minimum absolute atomic E-state index is 0.0405. The molecule has 2 fully saturated rings. The Hall–Kier alpha value is -2.10. The van der Waals surface area contributed by atoms with E-state index in [1.54, 1.807) is 6.08 Å². The van der Waals surface area contributed by atoms with Crippen LogP contribution in [0.5, 0.6) is 0 Å². The van der Waals surface area contributed by atoms with E-state index in [9.17, 15) is 9.59 Å². The molecular formula is C18H22N2O2. The molecule has 1 aromatic carbocycles. The maximum atomic E-state index is 12.2. The third kappa shape index (κ3) is 3.38. The highest BCUT2D eigenvalue weighted by Gasteiger charge is 2.31. The monoisotopic (exact) mass is 298 g/mol. The van der Waals surface area contributed by atoms with Gasteiger partial charge in [-0.15, -0.1) is 0 Å². The topological polar surface area (TPSA) is 40.6 Å². The molecule has 4 nitrogen and oxygen atoms in total. The molecule has 22 heavy (non-hydrogen) atoms. The maximum absolute atomic E-state index is 12.2. The van der Waals surface area contributed by atoms with Gasteiger partial charge in [0.25, 0.3) is 0 Å². The van der Waals surface area contributed by atoms with Gasteiger partial charge in [0, 0.05) is 38.2 Å². The van der Waals surface area contributed by atoms with Crippen LogP contribution in [0.1, 0.15) is 24.8 Å². The van der Waals surface area contributed by atoms with Crippen molar-refractivity contribution in [3.63, 3.8) is 0 Å². The second kappa shape index (κ2) is 6.77. The lowest BCUT2D eigenvalue weighted by Gasteiger charge is -2.37. The smallest absolute Gasteiger partial charge is 0.246 e. The molecule has 0 bridgehead atoms. The predicted octanol–water partition coefficient (Wildman–Crippen LogP) is 2.17. The zero-order valence-corrected chi connectivity index (χ0v) is 12.8. The fourth-order valence-corrected chi connectivity index (χ4v) is 2.98. The average Bonchev–Trinajstić information content (AvgIpc) is 2.52. The van der Waals surface area contributed by atoms with Gasteiger partial charge in [-0.3, -0.25) is 9.59 Å². The molecule has 2 saturated heterocycles. The molecule has 2 aliphatic heterocycles. The van der Waals surface area contributed by atoms with Crippen LogP contribution < -0.4 is 0 Å². The van der Waals surface area contributed by atoms with Crippen LogP contribution in [0.25, 0.3) is 6.08 Å². The van der Waals surface area contributed by atoms with Crippen LogP contribution in [0.15, 0.2) is 36.4 Å². The van der Waals surface area contributed by atoms with Gasteiger partial charge in [0.15, 0.2) is 0 Å². The summed E-state index contributed by atoms with van der Waals surface area (Å²) in [6.07, 6.45) is 6.19. The Morgan fingerprint density at radius 3 is 2.23 bits per heavy atom. The summed E-state index contributed by atoms with van der Waals surface area (Å²) in [5, 5.41) is 0. The second-order valence-electron chi connectivity index (χ2n) is 6.02. The summed E-state index contributed by atoms with van der Waals surface area (Å²) in [5.41, 5.74) is 1.03. The molecule has 2 amide bonds. The van der Waals surface area contributed by atoms with Crippen molar-refractivity contribution in [1.82, 2.24) is 9.80 Å². The first-order valence-electron chi connectivity index (χ1n) is 8.05. The minimum atomic E-state index is 0.0405. The average molecular weight is 298 g/mol. The van der Waals surface area contributed by atoms with Gasteiger partial charge in [0.05, 0.1) is 0 Å². The van der Waals surface area contributed by atoms with E-state index in [4.69, 9.17) is 0 Å². The Kier molecular flexibility index (Phi) is 4.56. The summed E-state index contributed by atoms with van der Waals surface area (Å²) in [5.74, 6) is 0.444. The van der Waals surface area contributed by atoms with E-state index < -0.39 is 0 Å². The van der Waals surface area contributed by atoms with E-state index in [2.05, 4.69) is 0 Å². The molecule has 0 radical (unpaired) electrons. The van der Waals surface area contributed by atoms with Gasteiger partial charge in [-0.05, 0) is 30.9 Å². The van der Waals surface area contributed by atoms with Gasteiger partial charge in [-0.25, -0.2) is 0 Å². The number of likely N-dealkylation sites (tertiary alicyclic amines) is 2. The third-order valence-electron chi connectivity index (χ3n) is 4.54. The van der Waals surface area contributed by atoms with Gasteiger partial charge in [0.2, 0.25) is 11.8 Å². The normalized spacial score (nSPS) is 19.3. The van der Waals surface area contributed by atoms with Gasteiger partial charge >= 0.3 is 0 Å². The van der Waals surface area contributed by atoms with Gasteiger partial charge < -0.3 is 9.80 Å². The minimum Gasteiger partial charge on any atom is -0.342 e. The zero-order valence-electron chi connectivity index (χ0n) is 12.8. The van der Waals surface area contributed by atoms with E-state index in [0.29, 0.717) is 13.1 Å². The number of benzene rings is 1. The van der Waals surface area contributed by atoms with Crippen molar-refractivity contribution < 1.29 is 9.59 Å². The summed E-state index contributed by atoms with van der Waals surface area (Å²) < 4.78 is 0. The summed E-state index contributed by atoms with van der Waals surface area (Å²) in [6, 6.07) is 9.82. The second-order valence-corrected chi connectivity index (χ2v) is 6.02. The Morgan fingerprint density at radius 2 is 1.64 bits per heavy atom. The van der Waals surface area contributed by atoms with Crippen molar-refractivity contribution in [3.05, 3.63) is 42.0 Å². The molecule has 116 valence electrons. The maximum Gasteiger partial charge on any atom is 0.246 e. The number of carbonyl (C=O) groups is 2. The van der Waals surface area contributed by atoms with Crippen LogP contribution in [-0.2, 0) is 9.59 Å². The van der Waals surface area contributed by atoms with Crippen molar-refractivity contribution >= 4 is 17.9 Å². The van der Waals surface area contributed by atoms with E-state index in [1.807, 2.05) is 46.2 Å². The van der Waals surface area contributed by atoms with Crippen molar-refractivity contribution in [2.75, 3.05) is 26.2 Å². The zero-order chi connectivity index (χ0) is 15.4. The van der Waals surface area contributed by atoms with Crippen LogP contribution in [0, 0.1) is 5.92 Å². The van der Waals surface area contributed by atoms with Gasteiger partial charge in [-0.2, -0.15) is 0 Å². The van der Waals surface area contributed by atoms with Crippen molar-refractivity contribution in [2.24, 2.45) is 5.92 Å². The Morgan fingerprint density at radius 1 is 0.955 bits per heavy atom. The number of amides is 2. The van der Waals surface area contributed by atoms with Crippen molar-refractivity contribution in [3.8, 4) is 0 Å². The lowest BCUT2D eigenvalue weighted by atomic mass is 9.94. The van der Waals surface area contributed by atoms with E-state index in [0.717, 1.165) is 37.9 Å². The fourth-order valence-electron chi connectivity index (χ4n) is 2.98. The fraction of sp³-hybridized carbons (Fsp3) is 0.444. The Labute approximate surface area is 131 Å². The molecule has 0 saturated carbocycles. The first-order chi connectivity index (χ1) is 10.7. The molecule has 0 spiro atoms. The molecule has 0 unspecified atom stereocenters. The highest BCUT2D eigenvalue weighted by Crippen LogP contribution is 2.22. The van der Waals surface area contributed by atoms with Gasteiger partial charge in [0.1, 0.15) is 0 Å². The summed E-state index contributed by atoms with van der Waals surface area (Å²) in [6.45, 7) is 3.19. The van der Waals surface area contributed by atoms with Crippen molar-refractivity contribution in [2.45, 2.75) is 19.3 Å². The number of nitrogens with zero attached hydrogens (tertiary/aromatic N) is 2. The Balaban J connectivity index is 1.49.